The van der Waals surface area contributed by atoms with Gasteiger partial charge in [-0.25, -0.2) is 0 Å². The third-order valence-corrected chi connectivity index (χ3v) is 5.61. The summed E-state index contributed by atoms with van der Waals surface area (Å²) in [6.45, 7) is 0. The van der Waals surface area contributed by atoms with Crippen LogP contribution in [0.4, 0.5) is 4.79 Å². The van der Waals surface area contributed by atoms with Gasteiger partial charge in [0.2, 0.25) is 0 Å². The minimum absolute atomic E-state index is 0.0589. The van der Waals surface area contributed by atoms with Crippen molar-refractivity contribution in [1.82, 2.24) is 4.90 Å². The Labute approximate surface area is 150 Å². The summed E-state index contributed by atoms with van der Waals surface area (Å²) in [5.41, 5.74) is 0.984. The van der Waals surface area contributed by atoms with Crippen LogP contribution in [0, 0.1) is 0 Å². The van der Waals surface area contributed by atoms with Crippen molar-refractivity contribution in [3.63, 3.8) is 0 Å². The van der Waals surface area contributed by atoms with E-state index in [2.05, 4.69) is 0 Å². The second-order valence-corrected chi connectivity index (χ2v) is 7.40. The lowest BCUT2D eigenvalue weighted by molar-refractivity contribution is -0.124. The molecule has 1 aliphatic heterocycles. The van der Waals surface area contributed by atoms with Crippen LogP contribution in [0.2, 0.25) is 0 Å². The van der Waals surface area contributed by atoms with Gasteiger partial charge in [0, 0.05) is 17.7 Å². The van der Waals surface area contributed by atoms with Gasteiger partial charge in [-0.05, 0) is 36.7 Å². The highest BCUT2D eigenvalue weighted by atomic mass is 32.2. The number of carbonyl (C=O) groups excluding carboxylic acids is 2. The molecule has 0 radical (unpaired) electrons. The van der Waals surface area contributed by atoms with Crippen LogP contribution in [0.25, 0.3) is 17.4 Å². The Morgan fingerprint density at radius 3 is 2.52 bits per heavy atom. The number of nitrogens with zero attached hydrogens (tertiary/aromatic N) is 1. The summed E-state index contributed by atoms with van der Waals surface area (Å²) in [5, 5.41) is -0.155. The second kappa shape index (κ2) is 6.92. The number of carbonyl (C=O) groups is 2. The molecule has 2 heterocycles. The maximum atomic E-state index is 12.7. The third kappa shape index (κ3) is 3.29. The van der Waals surface area contributed by atoms with E-state index in [1.807, 2.05) is 42.5 Å². The van der Waals surface area contributed by atoms with Crippen LogP contribution in [0.15, 0.2) is 51.8 Å². The highest BCUT2D eigenvalue weighted by molar-refractivity contribution is 8.18. The first-order valence-electron chi connectivity index (χ1n) is 8.65. The van der Waals surface area contributed by atoms with Gasteiger partial charge in [-0.1, -0.05) is 49.6 Å². The van der Waals surface area contributed by atoms with Gasteiger partial charge in [-0.3, -0.25) is 14.5 Å². The zero-order valence-electron chi connectivity index (χ0n) is 13.8. The third-order valence-electron chi connectivity index (χ3n) is 4.72. The molecule has 1 saturated heterocycles. The highest BCUT2D eigenvalue weighted by Crippen LogP contribution is 2.37. The van der Waals surface area contributed by atoms with Crippen molar-refractivity contribution in [2.75, 3.05) is 0 Å². The van der Waals surface area contributed by atoms with Crippen molar-refractivity contribution in [2.24, 2.45) is 0 Å². The van der Waals surface area contributed by atoms with Crippen molar-refractivity contribution in [2.45, 2.75) is 38.1 Å². The molecule has 1 aromatic carbocycles. The normalized spacial score (nSPS) is 20.6. The number of hydrogen-bond acceptors (Lipinski definition) is 4. The van der Waals surface area contributed by atoms with Crippen LogP contribution < -0.4 is 0 Å². The number of thioether (sulfide) groups is 1. The summed E-state index contributed by atoms with van der Waals surface area (Å²) in [6.07, 6.45) is 6.89. The van der Waals surface area contributed by atoms with Crippen LogP contribution in [-0.2, 0) is 4.79 Å². The van der Waals surface area contributed by atoms with E-state index < -0.39 is 0 Å². The van der Waals surface area contributed by atoms with Gasteiger partial charge >= 0.3 is 0 Å². The molecule has 2 fully saturated rings. The van der Waals surface area contributed by atoms with E-state index in [-0.39, 0.29) is 17.2 Å². The lowest BCUT2D eigenvalue weighted by Crippen LogP contribution is -2.39. The molecule has 25 heavy (non-hydrogen) atoms. The van der Waals surface area contributed by atoms with E-state index in [0.29, 0.717) is 10.7 Å². The van der Waals surface area contributed by atoms with Crippen molar-refractivity contribution in [3.8, 4) is 11.3 Å². The SMILES string of the molecule is O=C1S/C(=C/c2ccc(-c3ccccc3)o2)C(=O)N1C1CCCCC1. The predicted octanol–water partition coefficient (Wildman–Crippen LogP) is 5.32. The Bertz CT molecular complexity index is 818. The van der Waals surface area contributed by atoms with Crippen LogP contribution in [0.3, 0.4) is 0 Å². The molecular weight excluding hydrogens is 334 g/mol. The van der Waals surface area contributed by atoms with Gasteiger partial charge in [0.25, 0.3) is 11.1 Å². The topological polar surface area (TPSA) is 50.5 Å². The maximum Gasteiger partial charge on any atom is 0.293 e. The van der Waals surface area contributed by atoms with Crippen molar-refractivity contribution in [3.05, 3.63) is 53.1 Å². The average molecular weight is 353 g/mol. The lowest BCUT2D eigenvalue weighted by atomic mass is 9.94. The molecule has 0 bridgehead atoms. The monoisotopic (exact) mass is 353 g/mol. The standard InChI is InChI=1S/C20H19NO3S/c22-19-18(25-20(23)21(19)15-9-5-2-6-10-15)13-16-11-12-17(24-16)14-7-3-1-4-8-14/h1,3-4,7-8,11-13,15H,2,5-6,9-10H2/b18-13+. The molecule has 2 amide bonds. The van der Waals surface area contributed by atoms with Crippen LogP contribution in [-0.4, -0.2) is 22.1 Å². The van der Waals surface area contributed by atoms with E-state index in [4.69, 9.17) is 4.42 Å². The molecule has 1 aliphatic carbocycles. The quantitative estimate of drug-likeness (QED) is 0.701. The largest absolute Gasteiger partial charge is 0.457 e. The number of hydrogen-bond donors (Lipinski definition) is 0. The van der Waals surface area contributed by atoms with E-state index in [1.165, 1.54) is 11.3 Å². The van der Waals surface area contributed by atoms with E-state index in [1.54, 1.807) is 6.08 Å². The summed E-state index contributed by atoms with van der Waals surface area (Å²) in [5.74, 6) is 1.16. The fraction of sp³-hybridized carbons (Fsp3) is 0.300. The van der Waals surface area contributed by atoms with Crippen LogP contribution >= 0.6 is 11.8 Å². The molecule has 128 valence electrons. The molecule has 0 atom stereocenters. The summed E-state index contributed by atoms with van der Waals surface area (Å²) in [4.78, 5) is 26.9. The summed E-state index contributed by atoms with van der Waals surface area (Å²) < 4.78 is 5.82. The molecular formula is C20H19NO3S. The molecule has 2 aromatic rings. The van der Waals surface area contributed by atoms with Gasteiger partial charge in [0.1, 0.15) is 11.5 Å². The van der Waals surface area contributed by atoms with E-state index >= 15 is 0 Å². The average Bonchev–Trinajstić information content (AvgIpc) is 3.22. The van der Waals surface area contributed by atoms with Gasteiger partial charge < -0.3 is 4.42 Å². The number of imide groups is 1. The first-order chi connectivity index (χ1) is 12.2. The van der Waals surface area contributed by atoms with Crippen molar-refractivity contribution < 1.29 is 14.0 Å². The second-order valence-electron chi connectivity index (χ2n) is 6.41. The summed E-state index contributed by atoms with van der Waals surface area (Å²) in [6, 6.07) is 13.6. The highest BCUT2D eigenvalue weighted by Gasteiger charge is 2.40. The van der Waals surface area contributed by atoms with Crippen LogP contribution in [0.5, 0.6) is 0 Å². The van der Waals surface area contributed by atoms with E-state index in [0.717, 1.165) is 48.8 Å². The Hall–Kier alpha value is -2.27. The molecule has 2 aliphatic rings. The number of benzene rings is 1. The Morgan fingerprint density at radius 1 is 1.00 bits per heavy atom. The fourth-order valence-electron chi connectivity index (χ4n) is 3.45. The van der Waals surface area contributed by atoms with E-state index in [9.17, 15) is 9.59 Å². The Kier molecular flexibility index (Phi) is 4.49. The van der Waals surface area contributed by atoms with Crippen LogP contribution in [0.1, 0.15) is 37.9 Å². The van der Waals surface area contributed by atoms with Crippen molar-refractivity contribution >= 4 is 29.0 Å². The summed E-state index contributed by atoms with van der Waals surface area (Å²) in [7, 11) is 0. The van der Waals surface area contributed by atoms with Gasteiger partial charge in [0.05, 0.1) is 4.91 Å². The molecule has 0 spiro atoms. The number of amides is 2. The molecule has 1 saturated carbocycles. The number of rotatable bonds is 3. The molecule has 0 unspecified atom stereocenters. The first-order valence-corrected chi connectivity index (χ1v) is 9.46. The zero-order chi connectivity index (χ0) is 17.2. The van der Waals surface area contributed by atoms with Gasteiger partial charge in [0.15, 0.2) is 0 Å². The lowest BCUT2D eigenvalue weighted by Gasteiger charge is -2.28. The molecule has 4 rings (SSSR count). The molecule has 0 N–H and O–H groups in total. The predicted molar refractivity (Wildman–Crippen MR) is 98.8 cm³/mol. The fourth-order valence-corrected chi connectivity index (χ4v) is 4.33. The van der Waals surface area contributed by atoms with Crippen molar-refractivity contribution in [1.29, 1.82) is 0 Å². The first kappa shape index (κ1) is 16.2. The molecule has 1 aromatic heterocycles. The maximum absolute atomic E-state index is 12.7. The molecule has 4 nitrogen and oxygen atoms in total. The zero-order valence-corrected chi connectivity index (χ0v) is 14.6. The van der Waals surface area contributed by atoms with Gasteiger partial charge in [-0.2, -0.15) is 0 Å². The number of furan rings is 1. The smallest absolute Gasteiger partial charge is 0.293 e. The minimum Gasteiger partial charge on any atom is -0.457 e. The molecule has 5 heteroatoms. The summed E-state index contributed by atoms with van der Waals surface area (Å²) >= 11 is 1.01. The Morgan fingerprint density at radius 2 is 1.76 bits per heavy atom. The Balaban J connectivity index is 1.55. The van der Waals surface area contributed by atoms with Gasteiger partial charge in [-0.15, -0.1) is 0 Å². The minimum atomic E-state index is -0.181.